The number of carbonyl (C=O) groups is 2. The van der Waals surface area contributed by atoms with Gasteiger partial charge in [-0.25, -0.2) is 14.8 Å². The molecule has 32 heavy (non-hydrogen) atoms. The Labute approximate surface area is 194 Å². The van der Waals surface area contributed by atoms with E-state index in [9.17, 15) is 14.7 Å². The van der Waals surface area contributed by atoms with Crippen molar-refractivity contribution in [3.05, 3.63) is 47.0 Å². The molecule has 166 valence electrons. The number of amides is 1. The van der Waals surface area contributed by atoms with E-state index in [-0.39, 0.29) is 5.91 Å². The van der Waals surface area contributed by atoms with Gasteiger partial charge in [-0.15, -0.1) is 0 Å². The monoisotopic (exact) mass is 473 g/mol. The molecule has 0 spiro atoms. The Bertz CT molecular complexity index is 1200. The summed E-state index contributed by atoms with van der Waals surface area (Å²) in [6.45, 7) is 1.11. The molecule has 2 aliphatic rings. The van der Waals surface area contributed by atoms with Gasteiger partial charge < -0.3 is 19.5 Å². The van der Waals surface area contributed by atoms with Gasteiger partial charge in [-0.3, -0.25) is 4.79 Å². The van der Waals surface area contributed by atoms with Gasteiger partial charge in [0.25, 0.3) is 0 Å². The summed E-state index contributed by atoms with van der Waals surface area (Å²) in [5.74, 6) is -0.504. The summed E-state index contributed by atoms with van der Waals surface area (Å²) in [6, 6.07) is 4.29. The van der Waals surface area contributed by atoms with E-state index < -0.39 is 18.1 Å². The highest BCUT2D eigenvalue weighted by Crippen LogP contribution is 2.36. The van der Waals surface area contributed by atoms with E-state index in [1.165, 1.54) is 4.90 Å². The van der Waals surface area contributed by atoms with Crippen molar-refractivity contribution in [3.8, 4) is 5.69 Å². The lowest BCUT2D eigenvalue weighted by Gasteiger charge is -2.31. The molecule has 2 saturated heterocycles. The number of rotatable bonds is 4. The standard InChI is InChI=1S/C22H21Cl2N5O3/c23-14-6-5-13-17(27-10-7-25-12-27)11-18(26-20(13)19(14)24)28-8-1-3-15(28)21(30)29-9-2-4-16(29)22(31)32/h5-7,10-12,15-16H,1-4,8-9H2,(H,31,32)/t15-,16-/m0/s1. The van der Waals surface area contributed by atoms with Crippen LogP contribution in [0.1, 0.15) is 25.7 Å². The molecule has 0 unspecified atom stereocenters. The summed E-state index contributed by atoms with van der Waals surface area (Å²) in [6.07, 6.45) is 7.84. The number of likely N-dealkylation sites (tertiary alicyclic amines) is 1. The van der Waals surface area contributed by atoms with Crippen molar-refractivity contribution in [3.63, 3.8) is 0 Å². The van der Waals surface area contributed by atoms with E-state index in [1.54, 1.807) is 18.6 Å². The molecular weight excluding hydrogens is 453 g/mol. The van der Waals surface area contributed by atoms with Crippen LogP contribution < -0.4 is 4.90 Å². The summed E-state index contributed by atoms with van der Waals surface area (Å²) in [5, 5.41) is 11.1. The third-order valence-corrected chi connectivity index (χ3v) is 7.07. The summed E-state index contributed by atoms with van der Waals surface area (Å²) in [7, 11) is 0. The molecule has 4 heterocycles. The van der Waals surface area contributed by atoms with Gasteiger partial charge in [0.1, 0.15) is 17.9 Å². The lowest BCUT2D eigenvalue weighted by Crippen LogP contribution is -2.49. The van der Waals surface area contributed by atoms with Gasteiger partial charge in [-0.2, -0.15) is 0 Å². The Morgan fingerprint density at radius 3 is 2.62 bits per heavy atom. The van der Waals surface area contributed by atoms with Crippen LogP contribution >= 0.6 is 23.2 Å². The van der Waals surface area contributed by atoms with Crippen LogP contribution in [0.15, 0.2) is 36.9 Å². The van der Waals surface area contributed by atoms with Crippen molar-refractivity contribution in [2.24, 2.45) is 0 Å². The topological polar surface area (TPSA) is 91.6 Å². The first-order chi connectivity index (χ1) is 15.5. The second kappa shape index (κ2) is 8.26. The van der Waals surface area contributed by atoms with Crippen molar-refractivity contribution in [2.75, 3.05) is 18.0 Å². The van der Waals surface area contributed by atoms with Crippen LogP contribution in [0.3, 0.4) is 0 Å². The number of hydrogen-bond donors (Lipinski definition) is 1. The lowest BCUT2D eigenvalue weighted by atomic mass is 10.1. The highest BCUT2D eigenvalue weighted by atomic mass is 35.5. The molecule has 2 aliphatic heterocycles. The molecule has 1 N–H and O–H groups in total. The average Bonchev–Trinajstić information content (AvgIpc) is 3.56. The zero-order valence-corrected chi connectivity index (χ0v) is 18.6. The van der Waals surface area contributed by atoms with Gasteiger partial charge in [0.2, 0.25) is 5.91 Å². The van der Waals surface area contributed by atoms with E-state index in [0.29, 0.717) is 53.7 Å². The Hall–Kier alpha value is -2.84. The van der Waals surface area contributed by atoms with Crippen LogP contribution in [0, 0.1) is 0 Å². The molecule has 2 fully saturated rings. The second-order valence-corrected chi connectivity index (χ2v) is 8.89. The maximum Gasteiger partial charge on any atom is 0.326 e. The number of fused-ring (bicyclic) bond motifs is 1. The normalized spacial score (nSPS) is 20.9. The minimum absolute atomic E-state index is 0.157. The van der Waals surface area contributed by atoms with Gasteiger partial charge in [0.05, 0.1) is 27.6 Å². The summed E-state index contributed by atoms with van der Waals surface area (Å²) < 4.78 is 1.87. The van der Waals surface area contributed by atoms with Crippen molar-refractivity contribution < 1.29 is 14.7 Å². The number of aliphatic carboxylic acids is 1. The Morgan fingerprint density at radius 2 is 1.88 bits per heavy atom. The quantitative estimate of drug-likeness (QED) is 0.619. The number of hydrogen-bond acceptors (Lipinski definition) is 5. The Morgan fingerprint density at radius 1 is 1.09 bits per heavy atom. The minimum atomic E-state index is -0.951. The lowest BCUT2D eigenvalue weighted by molar-refractivity contribution is -0.148. The molecule has 5 rings (SSSR count). The summed E-state index contributed by atoms with van der Waals surface area (Å²) in [4.78, 5) is 37.4. The van der Waals surface area contributed by atoms with E-state index in [2.05, 4.69) is 4.98 Å². The van der Waals surface area contributed by atoms with Crippen LogP contribution in [0.2, 0.25) is 10.0 Å². The number of carboxylic acid groups (broad SMARTS) is 1. The fourth-order valence-electron chi connectivity index (χ4n) is 4.74. The van der Waals surface area contributed by atoms with E-state index in [1.807, 2.05) is 27.8 Å². The first kappa shape index (κ1) is 21.0. The van der Waals surface area contributed by atoms with E-state index >= 15 is 0 Å². The Kier molecular flexibility index (Phi) is 5.43. The predicted octanol–water partition coefficient (Wildman–Crippen LogP) is 3.77. The molecule has 8 nitrogen and oxygen atoms in total. The maximum atomic E-state index is 13.4. The van der Waals surface area contributed by atoms with Crippen molar-refractivity contribution in [1.82, 2.24) is 19.4 Å². The number of halogens is 2. The summed E-state index contributed by atoms with van der Waals surface area (Å²) >= 11 is 12.8. The molecule has 2 atom stereocenters. The number of imidazole rings is 1. The van der Waals surface area contributed by atoms with Crippen LogP contribution in [0.5, 0.6) is 0 Å². The fourth-order valence-corrected chi connectivity index (χ4v) is 5.10. The van der Waals surface area contributed by atoms with Gasteiger partial charge in [-0.05, 0) is 37.8 Å². The number of carboxylic acids is 1. The highest BCUT2D eigenvalue weighted by molar-refractivity contribution is 6.45. The van der Waals surface area contributed by atoms with Crippen molar-refractivity contribution in [1.29, 1.82) is 0 Å². The molecule has 0 bridgehead atoms. The molecule has 0 saturated carbocycles. The molecule has 0 radical (unpaired) electrons. The minimum Gasteiger partial charge on any atom is -0.480 e. The fraction of sp³-hybridized carbons (Fsp3) is 0.364. The summed E-state index contributed by atoms with van der Waals surface area (Å²) in [5.41, 5.74) is 1.37. The van der Waals surface area contributed by atoms with Crippen LogP contribution in [-0.2, 0) is 9.59 Å². The number of nitrogens with zero attached hydrogens (tertiary/aromatic N) is 5. The van der Waals surface area contributed by atoms with Gasteiger partial charge >= 0.3 is 5.97 Å². The van der Waals surface area contributed by atoms with Crippen molar-refractivity contribution >= 4 is 51.8 Å². The largest absolute Gasteiger partial charge is 0.480 e. The molecule has 1 aromatic carbocycles. The SMILES string of the molecule is O=C(O)[C@@H]1CCCN1C(=O)[C@@H]1CCCN1c1cc(-n2ccnc2)c2ccc(Cl)c(Cl)c2n1. The Balaban J connectivity index is 1.58. The van der Waals surface area contributed by atoms with Gasteiger partial charge in [0.15, 0.2) is 0 Å². The van der Waals surface area contributed by atoms with E-state index in [4.69, 9.17) is 28.2 Å². The predicted molar refractivity (Wildman–Crippen MR) is 122 cm³/mol. The molecule has 1 amide bonds. The van der Waals surface area contributed by atoms with Crippen molar-refractivity contribution in [2.45, 2.75) is 37.8 Å². The zero-order valence-electron chi connectivity index (χ0n) is 17.1. The number of benzene rings is 1. The van der Waals surface area contributed by atoms with Gasteiger partial charge in [0, 0.05) is 36.9 Å². The van der Waals surface area contributed by atoms with E-state index in [0.717, 1.165) is 17.5 Å². The molecule has 0 aliphatic carbocycles. The van der Waals surface area contributed by atoms with Crippen LogP contribution in [-0.4, -0.2) is 61.6 Å². The van der Waals surface area contributed by atoms with Gasteiger partial charge in [-0.1, -0.05) is 23.2 Å². The maximum absolute atomic E-state index is 13.4. The van der Waals surface area contributed by atoms with Crippen LogP contribution in [0.4, 0.5) is 5.82 Å². The zero-order chi connectivity index (χ0) is 22.4. The number of pyridine rings is 1. The number of aromatic nitrogens is 3. The third-order valence-electron chi connectivity index (χ3n) is 6.27. The number of carbonyl (C=O) groups excluding carboxylic acids is 1. The first-order valence-corrected chi connectivity index (χ1v) is 11.3. The molecule has 2 aromatic heterocycles. The highest BCUT2D eigenvalue weighted by Gasteiger charge is 2.41. The average molecular weight is 474 g/mol. The molecule has 10 heteroatoms. The number of anilines is 1. The molecule has 3 aromatic rings. The first-order valence-electron chi connectivity index (χ1n) is 10.5. The second-order valence-electron chi connectivity index (χ2n) is 8.11. The van der Waals surface area contributed by atoms with Crippen LogP contribution in [0.25, 0.3) is 16.6 Å². The molecular formula is C22H21Cl2N5O3. The smallest absolute Gasteiger partial charge is 0.326 e. The third kappa shape index (κ3) is 3.47.